The zero-order valence-corrected chi connectivity index (χ0v) is 10.5. The molecule has 3 heterocycles. The molecule has 2 atom stereocenters. The van der Waals surface area contributed by atoms with Crippen molar-refractivity contribution in [3.8, 4) is 0 Å². The number of carbonyl (C=O) groups excluding carboxylic acids is 1. The van der Waals surface area contributed by atoms with Gasteiger partial charge in [-0.25, -0.2) is 0 Å². The number of fused-ring (bicyclic) bond motifs is 2. The molecule has 0 radical (unpaired) electrons. The average Bonchev–Trinajstić information content (AvgIpc) is 2.77. The highest BCUT2D eigenvalue weighted by atomic mass is 16.6. The Kier molecular flexibility index (Phi) is 2.63. The van der Waals surface area contributed by atoms with Crippen molar-refractivity contribution >= 4 is 5.78 Å². The maximum absolute atomic E-state index is 12.3. The van der Waals surface area contributed by atoms with E-state index in [0.717, 1.165) is 0 Å². The molecule has 6 nitrogen and oxygen atoms in total. The lowest BCUT2D eigenvalue weighted by Gasteiger charge is -2.37. The number of ketones is 1. The Balaban J connectivity index is 2.30. The number of pyridine rings is 1. The van der Waals surface area contributed by atoms with E-state index in [1.807, 2.05) is 0 Å². The number of hydrogen-bond donors (Lipinski definition) is 2. The van der Waals surface area contributed by atoms with E-state index in [1.54, 1.807) is 6.92 Å². The second-order valence-corrected chi connectivity index (χ2v) is 4.99. The molecule has 0 aromatic carbocycles. The highest BCUT2D eigenvalue weighted by molar-refractivity contribution is 5.96. The lowest BCUT2D eigenvalue weighted by atomic mass is 9.85. The zero-order valence-electron chi connectivity index (χ0n) is 10.5. The van der Waals surface area contributed by atoms with Crippen LogP contribution in [-0.2, 0) is 23.5 Å². The quantitative estimate of drug-likeness (QED) is 0.739. The third-order valence-corrected chi connectivity index (χ3v) is 4.05. The summed E-state index contributed by atoms with van der Waals surface area (Å²) in [7, 11) is 0. The Bertz CT molecular complexity index is 620. The standard InChI is InChI=1S/C13H15NO5/c1-2-13(18)8-5-9-10(15)3-4-14(9)11(16)7(8)6-19-12(13)17/h5,12,17-18H,2-4,6H2,1H3. The van der Waals surface area contributed by atoms with Gasteiger partial charge >= 0.3 is 0 Å². The molecule has 0 amide bonds. The molecule has 0 saturated heterocycles. The van der Waals surface area contributed by atoms with Gasteiger partial charge in [-0.2, -0.15) is 0 Å². The van der Waals surface area contributed by atoms with E-state index < -0.39 is 11.9 Å². The Morgan fingerprint density at radius 1 is 1.53 bits per heavy atom. The summed E-state index contributed by atoms with van der Waals surface area (Å²) in [4.78, 5) is 24.0. The fourth-order valence-electron chi connectivity index (χ4n) is 2.81. The van der Waals surface area contributed by atoms with Crippen LogP contribution in [0.2, 0.25) is 0 Å². The number of aliphatic hydroxyl groups excluding tert-OH is 1. The molecule has 0 fully saturated rings. The van der Waals surface area contributed by atoms with E-state index in [1.165, 1.54) is 10.6 Å². The molecular formula is C13H15NO5. The van der Waals surface area contributed by atoms with Gasteiger partial charge in [0.05, 0.1) is 12.3 Å². The van der Waals surface area contributed by atoms with Crippen LogP contribution in [0, 0.1) is 0 Å². The molecule has 2 aliphatic rings. The minimum atomic E-state index is -1.63. The molecule has 1 aromatic heterocycles. The Morgan fingerprint density at radius 3 is 2.95 bits per heavy atom. The predicted octanol–water partition coefficient (Wildman–Crippen LogP) is -0.119. The van der Waals surface area contributed by atoms with Crippen LogP contribution in [0.5, 0.6) is 0 Å². The first-order chi connectivity index (χ1) is 8.99. The third kappa shape index (κ3) is 1.54. The normalized spacial score (nSPS) is 29.2. The van der Waals surface area contributed by atoms with Crippen LogP contribution in [0.25, 0.3) is 0 Å². The first-order valence-corrected chi connectivity index (χ1v) is 6.31. The van der Waals surface area contributed by atoms with Gasteiger partial charge in [0.25, 0.3) is 5.56 Å². The summed E-state index contributed by atoms with van der Waals surface area (Å²) in [6, 6.07) is 1.53. The molecular weight excluding hydrogens is 250 g/mol. The van der Waals surface area contributed by atoms with Crippen LogP contribution in [0.1, 0.15) is 41.4 Å². The Labute approximate surface area is 109 Å². The van der Waals surface area contributed by atoms with E-state index >= 15 is 0 Å². The summed E-state index contributed by atoms with van der Waals surface area (Å²) in [6.45, 7) is 2.01. The Morgan fingerprint density at radius 2 is 2.26 bits per heavy atom. The van der Waals surface area contributed by atoms with Gasteiger partial charge in [0.1, 0.15) is 5.60 Å². The monoisotopic (exact) mass is 265 g/mol. The average molecular weight is 265 g/mol. The SMILES string of the molecule is CCC1(O)c2cc3n(c(=O)c2COC1O)CCC3=O. The summed E-state index contributed by atoms with van der Waals surface area (Å²) in [5, 5.41) is 20.3. The Hall–Kier alpha value is -1.50. The molecule has 0 bridgehead atoms. The number of ether oxygens (including phenoxy) is 1. The van der Waals surface area contributed by atoms with Crippen molar-refractivity contribution < 1.29 is 19.7 Å². The summed E-state index contributed by atoms with van der Waals surface area (Å²) in [5.41, 5.74) is -0.985. The molecule has 0 aliphatic carbocycles. The second-order valence-electron chi connectivity index (χ2n) is 4.99. The molecule has 2 aliphatic heterocycles. The minimum Gasteiger partial charge on any atom is -0.380 e. The second kappa shape index (κ2) is 4.00. The summed E-state index contributed by atoms with van der Waals surface area (Å²) < 4.78 is 6.50. The summed E-state index contributed by atoms with van der Waals surface area (Å²) in [6.07, 6.45) is -0.895. The van der Waals surface area contributed by atoms with Crippen molar-refractivity contribution in [3.05, 3.63) is 33.2 Å². The number of aromatic nitrogens is 1. The molecule has 0 spiro atoms. The van der Waals surface area contributed by atoms with Crippen LogP contribution in [0.4, 0.5) is 0 Å². The highest BCUT2D eigenvalue weighted by Crippen LogP contribution is 2.36. The number of rotatable bonds is 1. The van der Waals surface area contributed by atoms with Crippen LogP contribution in [-0.4, -0.2) is 26.9 Å². The maximum Gasteiger partial charge on any atom is 0.257 e. The van der Waals surface area contributed by atoms with E-state index in [9.17, 15) is 19.8 Å². The fourth-order valence-corrected chi connectivity index (χ4v) is 2.81. The first kappa shape index (κ1) is 12.5. The van der Waals surface area contributed by atoms with Crippen LogP contribution >= 0.6 is 0 Å². The topological polar surface area (TPSA) is 88.8 Å². The van der Waals surface area contributed by atoms with Gasteiger partial charge in [-0.15, -0.1) is 0 Å². The van der Waals surface area contributed by atoms with E-state index in [2.05, 4.69) is 0 Å². The summed E-state index contributed by atoms with van der Waals surface area (Å²) in [5.74, 6) is -0.112. The van der Waals surface area contributed by atoms with Gasteiger partial charge in [0.2, 0.25) is 0 Å². The highest BCUT2D eigenvalue weighted by Gasteiger charge is 2.44. The lowest BCUT2D eigenvalue weighted by molar-refractivity contribution is -0.236. The number of hydrogen-bond acceptors (Lipinski definition) is 5. The minimum absolute atomic E-state index is 0.0495. The van der Waals surface area contributed by atoms with Gasteiger partial charge < -0.3 is 19.5 Å². The largest absolute Gasteiger partial charge is 0.380 e. The van der Waals surface area contributed by atoms with Crippen molar-refractivity contribution in [2.45, 2.75) is 44.8 Å². The van der Waals surface area contributed by atoms with Crippen molar-refractivity contribution in [1.29, 1.82) is 0 Å². The molecule has 2 N–H and O–H groups in total. The third-order valence-electron chi connectivity index (χ3n) is 4.05. The number of Topliss-reactive ketones (excluding diaryl/α,β-unsaturated/α-hetero) is 1. The number of nitrogens with zero attached hydrogens (tertiary/aromatic N) is 1. The number of carbonyl (C=O) groups is 1. The lowest BCUT2D eigenvalue weighted by Crippen LogP contribution is -2.47. The van der Waals surface area contributed by atoms with Crippen molar-refractivity contribution in [3.63, 3.8) is 0 Å². The van der Waals surface area contributed by atoms with Crippen LogP contribution < -0.4 is 5.56 Å². The molecule has 2 unspecified atom stereocenters. The van der Waals surface area contributed by atoms with Gasteiger partial charge in [-0.3, -0.25) is 9.59 Å². The van der Waals surface area contributed by atoms with Gasteiger partial charge in [-0.1, -0.05) is 6.92 Å². The molecule has 6 heteroatoms. The predicted molar refractivity (Wildman–Crippen MR) is 64.6 cm³/mol. The molecule has 3 rings (SSSR count). The molecule has 102 valence electrons. The molecule has 1 aromatic rings. The zero-order chi connectivity index (χ0) is 13.8. The van der Waals surface area contributed by atoms with Crippen LogP contribution in [0.3, 0.4) is 0 Å². The van der Waals surface area contributed by atoms with Gasteiger partial charge in [0.15, 0.2) is 12.1 Å². The van der Waals surface area contributed by atoms with Gasteiger partial charge in [-0.05, 0) is 12.5 Å². The van der Waals surface area contributed by atoms with E-state index in [0.29, 0.717) is 29.8 Å². The molecule has 19 heavy (non-hydrogen) atoms. The fraction of sp³-hybridized carbons (Fsp3) is 0.538. The maximum atomic E-state index is 12.3. The summed E-state index contributed by atoms with van der Waals surface area (Å²) >= 11 is 0. The molecule has 0 saturated carbocycles. The number of aliphatic hydroxyl groups is 2. The van der Waals surface area contributed by atoms with Crippen molar-refractivity contribution in [1.82, 2.24) is 4.57 Å². The van der Waals surface area contributed by atoms with E-state index in [-0.39, 0.29) is 24.4 Å². The smallest absolute Gasteiger partial charge is 0.257 e. The first-order valence-electron chi connectivity index (χ1n) is 6.31. The van der Waals surface area contributed by atoms with Crippen molar-refractivity contribution in [2.24, 2.45) is 0 Å². The van der Waals surface area contributed by atoms with Crippen molar-refractivity contribution in [2.75, 3.05) is 0 Å². The van der Waals surface area contributed by atoms with E-state index in [4.69, 9.17) is 4.74 Å². The van der Waals surface area contributed by atoms with Crippen LogP contribution in [0.15, 0.2) is 10.9 Å². The van der Waals surface area contributed by atoms with Gasteiger partial charge in [0, 0.05) is 24.1 Å².